The Morgan fingerprint density at radius 1 is 0.839 bits per heavy atom. The van der Waals surface area contributed by atoms with E-state index in [4.69, 9.17) is 4.74 Å². The highest BCUT2D eigenvalue weighted by Gasteiger charge is 2.07. The van der Waals surface area contributed by atoms with E-state index in [0.717, 1.165) is 21.5 Å². The molecule has 0 aliphatic carbocycles. The molecular formula is C24H21N3O3S. The molecular weight excluding hydrogens is 410 g/mol. The number of anilines is 2. The molecule has 31 heavy (non-hydrogen) atoms. The van der Waals surface area contributed by atoms with Gasteiger partial charge in [-0.1, -0.05) is 30.3 Å². The van der Waals surface area contributed by atoms with Crippen molar-refractivity contribution in [3.8, 4) is 5.75 Å². The van der Waals surface area contributed by atoms with Crippen LogP contribution in [0.25, 0.3) is 10.9 Å². The molecule has 0 aliphatic rings. The number of carbonyl (C=O) groups is 2. The Bertz CT molecular complexity index is 1190. The van der Waals surface area contributed by atoms with Gasteiger partial charge in [0.05, 0.1) is 5.75 Å². The summed E-state index contributed by atoms with van der Waals surface area (Å²) < 4.78 is 5.45. The van der Waals surface area contributed by atoms with E-state index in [-0.39, 0.29) is 24.2 Å². The fourth-order valence-electron chi connectivity index (χ4n) is 3.00. The fourth-order valence-corrected chi connectivity index (χ4v) is 3.75. The first kappa shape index (κ1) is 20.6. The molecule has 0 atom stereocenters. The van der Waals surface area contributed by atoms with Crippen molar-refractivity contribution in [2.75, 3.05) is 23.0 Å². The molecule has 0 radical (unpaired) electrons. The molecule has 1 aromatic heterocycles. The average molecular weight is 432 g/mol. The molecule has 4 rings (SSSR count). The molecule has 0 saturated heterocycles. The summed E-state index contributed by atoms with van der Waals surface area (Å²) in [4.78, 5) is 28.5. The highest BCUT2D eigenvalue weighted by atomic mass is 32.2. The summed E-state index contributed by atoms with van der Waals surface area (Å²) in [6.07, 6.45) is 1.87. The van der Waals surface area contributed by atoms with Gasteiger partial charge in [-0.25, -0.2) is 0 Å². The summed E-state index contributed by atoms with van der Waals surface area (Å²) >= 11 is 1.40. The molecule has 2 amide bonds. The van der Waals surface area contributed by atoms with Crippen molar-refractivity contribution in [1.29, 1.82) is 0 Å². The molecule has 156 valence electrons. The van der Waals surface area contributed by atoms with Crippen molar-refractivity contribution >= 4 is 45.9 Å². The lowest BCUT2D eigenvalue weighted by Gasteiger charge is -2.09. The van der Waals surface area contributed by atoms with Gasteiger partial charge in [-0.2, -0.15) is 0 Å². The number of rotatable bonds is 8. The molecule has 0 spiro atoms. The number of ether oxygens (including phenoxy) is 1. The zero-order valence-electron chi connectivity index (χ0n) is 16.6. The van der Waals surface area contributed by atoms with Crippen molar-refractivity contribution in [3.63, 3.8) is 0 Å². The number of carbonyl (C=O) groups excluding carboxylic acids is 2. The largest absolute Gasteiger partial charge is 0.484 e. The van der Waals surface area contributed by atoms with Crippen molar-refractivity contribution in [3.05, 3.63) is 85.1 Å². The predicted molar refractivity (Wildman–Crippen MR) is 125 cm³/mol. The zero-order valence-corrected chi connectivity index (χ0v) is 17.4. The Kier molecular flexibility index (Phi) is 6.54. The highest BCUT2D eigenvalue weighted by molar-refractivity contribution is 8.00. The van der Waals surface area contributed by atoms with Gasteiger partial charge in [0.2, 0.25) is 5.91 Å². The van der Waals surface area contributed by atoms with Crippen LogP contribution in [0, 0.1) is 0 Å². The molecule has 3 N–H and O–H groups in total. The third kappa shape index (κ3) is 5.90. The first-order valence-electron chi connectivity index (χ1n) is 9.73. The molecule has 0 unspecified atom stereocenters. The third-order valence-corrected chi connectivity index (χ3v) is 5.43. The molecule has 1 heterocycles. The second kappa shape index (κ2) is 9.86. The Hall–Kier alpha value is -3.71. The number of hydrogen-bond acceptors (Lipinski definition) is 4. The second-order valence-electron chi connectivity index (χ2n) is 6.79. The van der Waals surface area contributed by atoms with Crippen LogP contribution in [0.4, 0.5) is 11.4 Å². The summed E-state index contributed by atoms with van der Waals surface area (Å²) in [5, 5.41) is 6.82. The second-order valence-corrected chi connectivity index (χ2v) is 7.84. The number of H-pyrrole nitrogens is 1. The Balaban J connectivity index is 1.26. The van der Waals surface area contributed by atoms with Gasteiger partial charge in [0.25, 0.3) is 5.91 Å². The maximum atomic E-state index is 12.3. The van der Waals surface area contributed by atoms with Gasteiger partial charge in [0.15, 0.2) is 6.61 Å². The highest BCUT2D eigenvalue weighted by Crippen LogP contribution is 2.23. The Labute approximate surface area is 184 Å². The molecule has 0 fully saturated rings. The number of aromatic amines is 1. The molecule has 4 aromatic rings. The molecule has 0 saturated carbocycles. The maximum Gasteiger partial charge on any atom is 0.262 e. The van der Waals surface area contributed by atoms with Gasteiger partial charge in [0, 0.05) is 28.0 Å². The SMILES string of the molecule is O=C(COc1ccccc1)Nc1cccc(SCC(=O)Nc2ccc3cc[nH]c3c2)c1. The molecule has 0 aliphatic heterocycles. The first-order chi connectivity index (χ1) is 15.2. The van der Waals surface area contributed by atoms with Crippen molar-refractivity contribution in [1.82, 2.24) is 4.98 Å². The van der Waals surface area contributed by atoms with E-state index >= 15 is 0 Å². The lowest BCUT2D eigenvalue weighted by Crippen LogP contribution is -2.20. The van der Waals surface area contributed by atoms with Crippen LogP contribution in [-0.4, -0.2) is 29.2 Å². The van der Waals surface area contributed by atoms with E-state index < -0.39 is 0 Å². The standard InChI is InChI=1S/C24H21N3O3S/c28-23(15-30-20-6-2-1-3-7-20)26-18-5-4-8-21(13-18)31-16-24(29)27-19-10-9-17-11-12-25-22(17)14-19/h1-14,25H,15-16H2,(H,26,28)(H,27,29). The van der Waals surface area contributed by atoms with E-state index in [9.17, 15) is 9.59 Å². The number of amides is 2. The minimum absolute atomic E-state index is 0.0745. The van der Waals surface area contributed by atoms with E-state index in [1.807, 2.05) is 66.9 Å². The number of nitrogens with one attached hydrogen (secondary N) is 3. The minimum atomic E-state index is -0.247. The van der Waals surface area contributed by atoms with Gasteiger partial charge in [0.1, 0.15) is 5.75 Å². The lowest BCUT2D eigenvalue weighted by atomic mass is 10.2. The van der Waals surface area contributed by atoms with E-state index in [2.05, 4.69) is 15.6 Å². The average Bonchev–Trinajstić information content (AvgIpc) is 3.25. The number of aromatic nitrogens is 1. The fraction of sp³-hybridized carbons (Fsp3) is 0.0833. The number of para-hydroxylation sites is 1. The smallest absolute Gasteiger partial charge is 0.262 e. The lowest BCUT2D eigenvalue weighted by molar-refractivity contribution is -0.118. The quantitative estimate of drug-likeness (QED) is 0.346. The van der Waals surface area contributed by atoms with Crippen LogP contribution < -0.4 is 15.4 Å². The number of hydrogen-bond donors (Lipinski definition) is 3. The maximum absolute atomic E-state index is 12.3. The van der Waals surface area contributed by atoms with Crippen LogP contribution in [0.5, 0.6) is 5.75 Å². The van der Waals surface area contributed by atoms with Crippen LogP contribution in [0.15, 0.2) is 90.0 Å². The zero-order chi connectivity index (χ0) is 21.5. The van der Waals surface area contributed by atoms with Gasteiger partial charge < -0.3 is 20.4 Å². The predicted octanol–water partition coefficient (Wildman–Crippen LogP) is 4.92. The van der Waals surface area contributed by atoms with E-state index in [1.165, 1.54) is 11.8 Å². The van der Waals surface area contributed by atoms with Crippen LogP contribution >= 0.6 is 11.8 Å². The Morgan fingerprint density at radius 3 is 2.52 bits per heavy atom. The molecule has 3 aromatic carbocycles. The monoisotopic (exact) mass is 431 g/mol. The van der Waals surface area contributed by atoms with Crippen LogP contribution in [0.1, 0.15) is 0 Å². The summed E-state index contributed by atoms with van der Waals surface area (Å²) in [5.41, 5.74) is 2.38. The number of benzene rings is 3. The van der Waals surface area contributed by atoms with Gasteiger partial charge in [-0.05, 0) is 53.9 Å². The van der Waals surface area contributed by atoms with Gasteiger partial charge >= 0.3 is 0 Å². The molecule has 6 nitrogen and oxygen atoms in total. The van der Waals surface area contributed by atoms with Gasteiger partial charge in [-0.3, -0.25) is 9.59 Å². The van der Waals surface area contributed by atoms with Gasteiger partial charge in [-0.15, -0.1) is 11.8 Å². The minimum Gasteiger partial charge on any atom is -0.484 e. The molecule has 0 bridgehead atoms. The number of thioether (sulfide) groups is 1. The molecule has 7 heteroatoms. The summed E-state index contributed by atoms with van der Waals surface area (Å²) in [7, 11) is 0. The van der Waals surface area contributed by atoms with Crippen LogP contribution in [0.2, 0.25) is 0 Å². The van der Waals surface area contributed by atoms with E-state index in [1.54, 1.807) is 18.2 Å². The normalized spacial score (nSPS) is 10.6. The summed E-state index contributed by atoms with van der Waals surface area (Å²) in [6.45, 7) is -0.0745. The van der Waals surface area contributed by atoms with Crippen LogP contribution in [0.3, 0.4) is 0 Å². The van der Waals surface area contributed by atoms with E-state index in [0.29, 0.717) is 11.4 Å². The number of fused-ring (bicyclic) bond motifs is 1. The van der Waals surface area contributed by atoms with Crippen LogP contribution in [-0.2, 0) is 9.59 Å². The van der Waals surface area contributed by atoms with Crippen molar-refractivity contribution in [2.24, 2.45) is 0 Å². The Morgan fingerprint density at radius 2 is 1.65 bits per heavy atom. The van der Waals surface area contributed by atoms with Crippen molar-refractivity contribution in [2.45, 2.75) is 4.90 Å². The summed E-state index contributed by atoms with van der Waals surface area (Å²) in [6, 6.07) is 24.3. The summed E-state index contributed by atoms with van der Waals surface area (Å²) in [5.74, 6) is 0.561. The topological polar surface area (TPSA) is 83.2 Å². The first-order valence-corrected chi connectivity index (χ1v) is 10.7. The van der Waals surface area contributed by atoms with Crippen molar-refractivity contribution < 1.29 is 14.3 Å². The third-order valence-electron chi connectivity index (χ3n) is 4.44.